The first-order valence-corrected chi connectivity index (χ1v) is 8.54. The molecule has 0 fully saturated rings. The van der Waals surface area contributed by atoms with Crippen molar-refractivity contribution in [1.82, 2.24) is 5.32 Å². The molecule has 0 bridgehead atoms. The number of carbonyl (C=O) groups is 1. The van der Waals surface area contributed by atoms with Crippen molar-refractivity contribution in [3.63, 3.8) is 0 Å². The van der Waals surface area contributed by atoms with E-state index in [1.165, 1.54) is 16.3 Å². The second kappa shape index (κ2) is 7.50. The second-order valence-electron chi connectivity index (χ2n) is 5.98. The van der Waals surface area contributed by atoms with E-state index in [-0.39, 0.29) is 5.91 Å². The molecule has 0 aliphatic heterocycles. The van der Waals surface area contributed by atoms with Crippen LogP contribution in [0.3, 0.4) is 0 Å². The highest BCUT2D eigenvalue weighted by Crippen LogP contribution is 2.20. The van der Waals surface area contributed by atoms with Gasteiger partial charge in [0.05, 0.1) is 10.6 Å². The predicted molar refractivity (Wildman–Crippen MR) is 101 cm³/mol. The second-order valence-corrected chi connectivity index (χ2v) is 6.39. The van der Waals surface area contributed by atoms with Crippen LogP contribution in [0.4, 0.5) is 0 Å². The standard InChI is InChI=1S/C21H20ClNO/c1-15-11-12-19(20(22)14-15)21(24)23-13-5-9-17-8-4-7-16-6-2-3-10-18(16)17/h2-4,6-8,10-12,14H,5,9,13H2,1H3,(H,23,24). The average Bonchev–Trinajstić information content (AvgIpc) is 2.58. The smallest absolute Gasteiger partial charge is 0.252 e. The van der Waals surface area contributed by atoms with Crippen molar-refractivity contribution in [2.45, 2.75) is 19.8 Å². The van der Waals surface area contributed by atoms with Crippen molar-refractivity contribution in [1.29, 1.82) is 0 Å². The molecule has 0 radical (unpaired) electrons. The van der Waals surface area contributed by atoms with E-state index < -0.39 is 0 Å². The van der Waals surface area contributed by atoms with Crippen molar-refractivity contribution >= 4 is 28.3 Å². The van der Waals surface area contributed by atoms with Gasteiger partial charge in [0, 0.05) is 6.54 Å². The Hall–Kier alpha value is -2.32. The third kappa shape index (κ3) is 3.77. The highest BCUT2D eigenvalue weighted by atomic mass is 35.5. The van der Waals surface area contributed by atoms with Gasteiger partial charge < -0.3 is 5.32 Å². The zero-order valence-corrected chi connectivity index (χ0v) is 14.4. The van der Waals surface area contributed by atoms with E-state index in [1.54, 1.807) is 6.07 Å². The molecule has 0 saturated heterocycles. The van der Waals surface area contributed by atoms with Crippen molar-refractivity contribution in [3.8, 4) is 0 Å². The number of amides is 1. The molecule has 0 heterocycles. The molecule has 0 spiro atoms. The summed E-state index contributed by atoms with van der Waals surface area (Å²) in [6.07, 6.45) is 1.83. The Morgan fingerprint density at radius 1 is 1.04 bits per heavy atom. The molecule has 0 aromatic heterocycles. The van der Waals surface area contributed by atoms with E-state index in [2.05, 4.69) is 47.8 Å². The highest BCUT2D eigenvalue weighted by molar-refractivity contribution is 6.33. The third-order valence-electron chi connectivity index (χ3n) is 4.16. The van der Waals surface area contributed by atoms with Crippen LogP contribution in [0, 0.1) is 6.92 Å². The minimum atomic E-state index is -0.113. The molecule has 122 valence electrons. The van der Waals surface area contributed by atoms with Gasteiger partial charge in [0.1, 0.15) is 0 Å². The van der Waals surface area contributed by atoms with Crippen LogP contribution < -0.4 is 5.32 Å². The van der Waals surface area contributed by atoms with Gasteiger partial charge in [-0.05, 0) is 53.8 Å². The monoisotopic (exact) mass is 337 g/mol. The molecule has 0 atom stereocenters. The minimum absolute atomic E-state index is 0.113. The third-order valence-corrected chi connectivity index (χ3v) is 4.47. The Morgan fingerprint density at radius 3 is 2.67 bits per heavy atom. The zero-order valence-electron chi connectivity index (χ0n) is 13.7. The van der Waals surface area contributed by atoms with Gasteiger partial charge in [-0.1, -0.05) is 60.1 Å². The largest absolute Gasteiger partial charge is 0.352 e. The molecule has 0 aliphatic carbocycles. The fourth-order valence-corrected chi connectivity index (χ4v) is 3.21. The molecule has 0 unspecified atom stereocenters. The number of fused-ring (bicyclic) bond motifs is 1. The lowest BCUT2D eigenvalue weighted by Crippen LogP contribution is -2.25. The molecule has 0 saturated carbocycles. The van der Waals surface area contributed by atoms with E-state index in [9.17, 15) is 4.79 Å². The van der Waals surface area contributed by atoms with E-state index in [0.717, 1.165) is 18.4 Å². The molecule has 1 amide bonds. The molecular formula is C21H20ClNO. The fraction of sp³-hybridized carbons (Fsp3) is 0.190. The Bertz CT molecular complexity index is 867. The summed E-state index contributed by atoms with van der Waals surface area (Å²) in [5.74, 6) is -0.113. The highest BCUT2D eigenvalue weighted by Gasteiger charge is 2.09. The maximum Gasteiger partial charge on any atom is 0.252 e. The number of benzene rings is 3. The van der Waals surface area contributed by atoms with E-state index in [0.29, 0.717) is 17.1 Å². The predicted octanol–water partition coefficient (Wildman–Crippen LogP) is 5.16. The van der Waals surface area contributed by atoms with Gasteiger partial charge in [-0.15, -0.1) is 0 Å². The first-order valence-electron chi connectivity index (χ1n) is 8.16. The van der Waals surface area contributed by atoms with Gasteiger partial charge in [-0.3, -0.25) is 4.79 Å². The summed E-state index contributed by atoms with van der Waals surface area (Å²) in [6, 6.07) is 20.2. The molecule has 1 N–H and O–H groups in total. The summed E-state index contributed by atoms with van der Waals surface area (Å²) in [5, 5.41) is 6.00. The van der Waals surface area contributed by atoms with Crippen molar-refractivity contribution in [3.05, 3.63) is 82.4 Å². The number of hydrogen-bond acceptors (Lipinski definition) is 1. The minimum Gasteiger partial charge on any atom is -0.352 e. The molecule has 2 nitrogen and oxygen atoms in total. The number of aryl methyl sites for hydroxylation is 2. The first kappa shape index (κ1) is 16.5. The van der Waals surface area contributed by atoms with Crippen LogP contribution in [0.15, 0.2) is 60.7 Å². The van der Waals surface area contributed by atoms with Crippen molar-refractivity contribution in [2.75, 3.05) is 6.54 Å². The Balaban J connectivity index is 1.58. The van der Waals surface area contributed by atoms with Crippen LogP contribution in [0.5, 0.6) is 0 Å². The number of nitrogens with one attached hydrogen (secondary N) is 1. The van der Waals surface area contributed by atoms with Crippen LogP contribution in [-0.4, -0.2) is 12.5 Å². The number of halogens is 1. The fourth-order valence-electron chi connectivity index (χ4n) is 2.89. The maximum absolute atomic E-state index is 12.2. The lowest BCUT2D eigenvalue weighted by molar-refractivity contribution is 0.0953. The van der Waals surface area contributed by atoms with Crippen LogP contribution >= 0.6 is 11.6 Å². The molecule has 3 aromatic rings. The van der Waals surface area contributed by atoms with Gasteiger partial charge in [0.25, 0.3) is 5.91 Å². The summed E-state index contributed by atoms with van der Waals surface area (Å²) in [7, 11) is 0. The molecule has 3 heteroatoms. The van der Waals surface area contributed by atoms with Crippen LogP contribution in [-0.2, 0) is 6.42 Å². The maximum atomic E-state index is 12.2. The SMILES string of the molecule is Cc1ccc(C(=O)NCCCc2cccc3ccccc23)c(Cl)c1. The molecule has 3 aromatic carbocycles. The van der Waals surface area contributed by atoms with Crippen molar-refractivity contribution in [2.24, 2.45) is 0 Å². The van der Waals surface area contributed by atoms with Crippen LogP contribution in [0.25, 0.3) is 10.8 Å². The lowest BCUT2D eigenvalue weighted by atomic mass is 10.0. The van der Waals surface area contributed by atoms with Gasteiger partial charge in [-0.2, -0.15) is 0 Å². The van der Waals surface area contributed by atoms with E-state index >= 15 is 0 Å². The van der Waals surface area contributed by atoms with Gasteiger partial charge in [-0.25, -0.2) is 0 Å². The summed E-state index contributed by atoms with van der Waals surface area (Å²) in [4.78, 5) is 12.2. The van der Waals surface area contributed by atoms with Gasteiger partial charge >= 0.3 is 0 Å². The zero-order chi connectivity index (χ0) is 16.9. The Kier molecular flexibility index (Phi) is 5.17. The van der Waals surface area contributed by atoms with Crippen LogP contribution in [0.2, 0.25) is 5.02 Å². The first-order chi connectivity index (χ1) is 11.6. The number of rotatable bonds is 5. The normalized spacial score (nSPS) is 10.8. The summed E-state index contributed by atoms with van der Waals surface area (Å²) >= 11 is 6.14. The molecule has 0 aliphatic rings. The molecular weight excluding hydrogens is 318 g/mol. The number of hydrogen-bond donors (Lipinski definition) is 1. The Morgan fingerprint density at radius 2 is 1.83 bits per heavy atom. The average molecular weight is 338 g/mol. The van der Waals surface area contributed by atoms with Crippen molar-refractivity contribution < 1.29 is 4.79 Å². The van der Waals surface area contributed by atoms with Gasteiger partial charge in [0.2, 0.25) is 0 Å². The molecule has 3 rings (SSSR count). The number of carbonyl (C=O) groups excluding carboxylic acids is 1. The lowest BCUT2D eigenvalue weighted by Gasteiger charge is -2.09. The molecule has 24 heavy (non-hydrogen) atoms. The summed E-state index contributed by atoms with van der Waals surface area (Å²) in [5.41, 5.74) is 2.90. The van der Waals surface area contributed by atoms with Crippen LogP contribution in [0.1, 0.15) is 27.9 Å². The summed E-state index contributed by atoms with van der Waals surface area (Å²) < 4.78 is 0. The quantitative estimate of drug-likeness (QED) is 0.640. The van der Waals surface area contributed by atoms with E-state index in [4.69, 9.17) is 11.6 Å². The van der Waals surface area contributed by atoms with Gasteiger partial charge in [0.15, 0.2) is 0 Å². The topological polar surface area (TPSA) is 29.1 Å². The Labute approximate surface area is 147 Å². The van der Waals surface area contributed by atoms with E-state index in [1.807, 2.05) is 19.1 Å². The summed E-state index contributed by atoms with van der Waals surface area (Å²) in [6.45, 7) is 2.59.